The number of halogens is 4. The summed E-state index contributed by atoms with van der Waals surface area (Å²) in [5.41, 5.74) is -0.928. The molecule has 0 unspecified atom stereocenters. The van der Waals surface area contributed by atoms with Crippen molar-refractivity contribution in [2.24, 2.45) is 0 Å². The van der Waals surface area contributed by atoms with Crippen molar-refractivity contribution >= 4 is 17.3 Å². The molecule has 0 bridgehead atoms. The predicted molar refractivity (Wildman–Crippen MR) is 68.0 cm³/mol. The zero-order valence-corrected chi connectivity index (χ0v) is 10.9. The lowest BCUT2D eigenvalue weighted by molar-refractivity contribution is -0.384. The zero-order chi connectivity index (χ0) is 15.6. The minimum atomic E-state index is -4.92. The van der Waals surface area contributed by atoms with Crippen LogP contribution in [0.2, 0.25) is 5.02 Å². The topological polar surface area (TPSA) is 65.3 Å². The van der Waals surface area contributed by atoms with E-state index in [-0.39, 0.29) is 16.3 Å². The highest BCUT2D eigenvalue weighted by atomic mass is 35.5. The average molecular weight is 319 g/mol. The Bertz CT molecular complexity index is 692. The van der Waals surface area contributed by atoms with E-state index in [1.807, 2.05) is 0 Å². The quantitative estimate of drug-likeness (QED) is 0.628. The number of hydrogen-bond donors (Lipinski definition) is 0. The summed E-state index contributed by atoms with van der Waals surface area (Å²) in [6.07, 6.45) is -3.81. The van der Waals surface area contributed by atoms with Crippen LogP contribution in [0.3, 0.4) is 0 Å². The normalized spacial score (nSPS) is 11.2. The van der Waals surface area contributed by atoms with Gasteiger partial charge in [0.2, 0.25) is 0 Å². The average Bonchev–Trinajstić information content (AvgIpc) is 2.37. The number of nitro groups is 1. The monoisotopic (exact) mass is 318 g/mol. The molecule has 21 heavy (non-hydrogen) atoms. The number of para-hydroxylation sites is 1. The van der Waals surface area contributed by atoms with E-state index in [4.69, 9.17) is 11.6 Å². The van der Waals surface area contributed by atoms with E-state index in [2.05, 4.69) is 9.72 Å². The van der Waals surface area contributed by atoms with Crippen LogP contribution in [0.5, 0.6) is 5.75 Å². The van der Waals surface area contributed by atoms with Crippen molar-refractivity contribution in [1.29, 1.82) is 0 Å². The largest absolute Gasteiger partial charge is 0.573 e. The van der Waals surface area contributed by atoms with Crippen LogP contribution in [0.25, 0.3) is 11.3 Å². The SMILES string of the molecule is O=[N+]([O-])c1cc(Cl)cnc1-c1ccccc1OC(F)(F)F. The number of aromatic nitrogens is 1. The Labute approximate surface area is 121 Å². The molecule has 0 aliphatic carbocycles. The van der Waals surface area contributed by atoms with E-state index >= 15 is 0 Å². The van der Waals surface area contributed by atoms with Crippen LogP contribution < -0.4 is 4.74 Å². The Hall–Kier alpha value is -2.35. The molecule has 0 amide bonds. The summed E-state index contributed by atoms with van der Waals surface area (Å²) in [5, 5.41) is 11.0. The molecule has 0 spiro atoms. The molecule has 0 fully saturated rings. The first-order valence-corrected chi connectivity index (χ1v) is 5.81. The molecule has 1 heterocycles. The summed E-state index contributed by atoms with van der Waals surface area (Å²) < 4.78 is 40.9. The van der Waals surface area contributed by atoms with Gasteiger partial charge in [-0.25, -0.2) is 4.98 Å². The van der Waals surface area contributed by atoms with Crippen molar-refractivity contribution in [1.82, 2.24) is 4.98 Å². The number of benzene rings is 1. The van der Waals surface area contributed by atoms with Crippen LogP contribution in [0.15, 0.2) is 36.5 Å². The first kappa shape index (κ1) is 15.0. The van der Waals surface area contributed by atoms with E-state index in [0.717, 1.165) is 18.3 Å². The molecule has 1 aromatic carbocycles. The molecular weight excluding hydrogens is 313 g/mol. The van der Waals surface area contributed by atoms with E-state index in [1.54, 1.807) is 0 Å². The Morgan fingerprint density at radius 2 is 1.95 bits per heavy atom. The summed E-state index contributed by atoms with van der Waals surface area (Å²) >= 11 is 5.62. The summed E-state index contributed by atoms with van der Waals surface area (Å²) in [7, 11) is 0. The number of hydrogen-bond acceptors (Lipinski definition) is 4. The lowest BCUT2D eigenvalue weighted by Crippen LogP contribution is -2.17. The maximum absolute atomic E-state index is 12.4. The summed E-state index contributed by atoms with van der Waals surface area (Å²) in [6, 6.07) is 6.02. The van der Waals surface area contributed by atoms with E-state index in [0.29, 0.717) is 0 Å². The molecule has 0 saturated heterocycles. The Kier molecular flexibility index (Phi) is 3.99. The van der Waals surface area contributed by atoms with Gasteiger partial charge in [-0.3, -0.25) is 10.1 Å². The van der Waals surface area contributed by atoms with Gasteiger partial charge in [0.05, 0.1) is 9.95 Å². The molecule has 0 N–H and O–H groups in total. The summed E-state index contributed by atoms with van der Waals surface area (Å²) in [6.45, 7) is 0. The van der Waals surface area contributed by atoms with Crippen molar-refractivity contribution < 1.29 is 22.8 Å². The number of nitrogens with zero attached hydrogens (tertiary/aromatic N) is 2. The Balaban J connectivity index is 2.60. The first-order valence-electron chi connectivity index (χ1n) is 5.43. The van der Waals surface area contributed by atoms with Gasteiger partial charge in [0.1, 0.15) is 5.75 Å². The van der Waals surface area contributed by atoms with Gasteiger partial charge in [0.25, 0.3) is 5.69 Å². The molecular formula is C12H6ClF3N2O3. The molecule has 0 saturated carbocycles. The lowest BCUT2D eigenvalue weighted by Gasteiger charge is -2.12. The van der Waals surface area contributed by atoms with Gasteiger partial charge in [-0.15, -0.1) is 13.2 Å². The number of alkyl halides is 3. The second-order valence-corrected chi connectivity index (χ2v) is 4.26. The third kappa shape index (κ3) is 3.60. The Morgan fingerprint density at radius 1 is 1.29 bits per heavy atom. The highest BCUT2D eigenvalue weighted by Crippen LogP contribution is 2.37. The van der Waals surface area contributed by atoms with E-state index in [1.165, 1.54) is 18.2 Å². The highest BCUT2D eigenvalue weighted by molar-refractivity contribution is 6.30. The van der Waals surface area contributed by atoms with Crippen molar-refractivity contribution in [3.63, 3.8) is 0 Å². The second-order valence-electron chi connectivity index (χ2n) is 3.82. The molecule has 2 aromatic rings. The van der Waals surface area contributed by atoms with Crippen LogP contribution in [0.1, 0.15) is 0 Å². The molecule has 9 heteroatoms. The molecule has 0 atom stereocenters. The van der Waals surface area contributed by atoms with Crippen LogP contribution >= 0.6 is 11.6 Å². The second kappa shape index (κ2) is 5.57. The minimum Gasteiger partial charge on any atom is -0.405 e. The van der Waals surface area contributed by atoms with Crippen LogP contribution in [0, 0.1) is 10.1 Å². The molecule has 2 rings (SSSR count). The highest BCUT2D eigenvalue weighted by Gasteiger charge is 2.33. The zero-order valence-electron chi connectivity index (χ0n) is 10.1. The molecule has 1 aromatic heterocycles. The van der Waals surface area contributed by atoms with Gasteiger partial charge in [-0.05, 0) is 12.1 Å². The summed E-state index contributed by atoms with van der Waals surface area (Å²) in [5.74, 6) is -0.581. The Morgan fingerprint density at radius 3 is 2.57 bits per heavy atom. The van der Waals surface area contributed by atoms with Gasteiger partial charge in [-0.1, -0.05) is 23.7 Å². The van der Waals surface area contributed by atoms with Crippen LogP contribution in [0.4, 0.5) is 18.9 Å². The van der Waals surface area contributed by atoms with Crippen LogP contribution in [-0.4, -0.2) is 16.3 Å². The number of rotatable bonds is 3. The van der Waals surface area contributed by atoms with E-state index in [9.17, 15) is 23.3 Å². The number of ether oxygens (including phenoxy) is 1. The molecule has 0 aliphatic heterocycles. The van der Waals surface area contributed by atoms with Gasteiger partial charge < -0.3 is 4.74 Å². The summed E-state index contributed by atoms with van der Waals surface area (Å²) in [4.78, 5) is 13.9. The van der Waals surface area contributed by atoms with Crippen molar-refractivity contribution in [2.45, 2.75) is 6.36 Å². The van der Waals surface area contributed by atoms with Gasteiger partial charge >= 0.3 is 6.36 Å². The minimum absolute atomic E-state index is 0.000305. The van der Waals surface area contributed by atoms with Gasteiger partial charge in [0, 0.05) is 17.8 Å². The molecule has 0 radical (unpaired) electrons. The third-order valence-electron chi connectivity index (χ3n) is 2.40. The number of pyridine rings is 1. The van der Waals surface area contributed by atoms with Crippen molar-refractivity contribution in [2.75, 3.05) is 0 Å². The fourth-order valence-corrected chi connectivity index (χ4v) is 1.80. The maximum atomic E-state index is 12.4. The fourth-order valence-electron chi connectivity index (χ4n) is 1.65. The first-order chi connectivity index (χ1) is 9.78. The lowest BCUT2D eigenvalue weighted by atomic mass is 10.1. The molecule has 5 nitrogen and oxygen atoms in total. The van der Waals surface area contributed by atoms with Gasteiger partial charge in [-0.2, -0.15) is 0 Å². The predicted octanol–water partition coefficient (Wildman–Crippen LogP) is 4.21. The van der Waals surface area contributed by atoms with Gasteiger partial charge in [0.15, 0.2) is 5.69 Å². The standard InChI is InChI=1S/C12H6ClF3N2O3/c13-7-5-9(18(19)20)11(17-6-7)8-3-1-2-4-10(8)21-12(14,15)16/h1-6H. The van der Waals surface area contributed by atoms with Crippen molar-refractivity contribution in [3.8, 4) is 17.0 Å². The maximum Gasteiger partial charge on any atom is 0.573 e. The van der Waals surface area contributed by atoms with E-state index < -0.39 is 22.7 Å². The van der Waals surface area contributed by atoms with Crippen LogP contribution in [-0.2, 0) is 0 Å². The molecule has 0 aliphatic rings. The molecule has 110 valence electrons. The smallest absolute Gasteiger partial charge is 0.405 e. The fraction of sp³-hybridized carbons (Fsp3) is 0.0833. The van der Waals surface area contributed by atoms with Crippen molar-refractivity contribution in [3.05, 3.63) is 51.7 Å². The third-order valence-corrected chi connectivity index (χ3v) is 2.61.